The topological polar surface area (TPSA) is 89.5 Å². The zero-order valence-electron chi connectivity index (χ0n) is 27.6. The minimum Gasteiger partial charge on any atom is -0.462 e. The number of halogens is 1. The van der Waals surface area contributed by atoms with Crippen LogP contribution in [-0.2, 0) is 14.3 Å². The van der Waals surface area contributed by atoms with Crippen LogP contribution in [-0.4, -0.2) is 51.3 Å². The van der Waals surface area contributed by atoms with E-state index in [2.05, 4.69) is 71.0 Å². The molecule has 0 amide bonds. The molecule has 2 aliphatic carbocycles. The van der Waals surface area contributed by atoms with Crippen molar-refractivity contribution in [2.45, 2.75) is 160 Å². The van der Waals surface area contributed by atoms with Crippen molar-refractivity contribution in [1.29, 1.82) is 0 Å². The number of carbonyl (C=O) groups excluding carboxylic acids is 2. The van der Waals surface area contributed by atoms with Gasteiger partial charge >= 0.3 is 11.9 Å². The highest BCUT2D eigenvalue weighted by Crippen LogP contribution is 2.48. The second-order valence-electron chi connectivity index (χ2n) is 16.8. The number of hydrogen-bond acceptors (Lipinski definition) is 7. The lowest BCUT2D eigenvalue weighted by molar-refractivity contribution is -0.160. The Kier molecular flexibility index (Phi) is 8.80. The van der Waals surface area contributed by atoms with Gasteiger partial charge in [-0.25, -0.2) is 9.18 Å². The number of ether oxygens (including phenoxy) is 2. The Hall–Kier alpha value is -2.06. The summed E-state index contributed by atoms with van der Waals surface area (Å²) in [6.45, 7) is 17.1. The van der Waals surface area contributed by atoms with Crippen LogP contribution in [0.15, 0.2) is 12.3 Å². The molecule has 0 spiro atoms. The minimum atomic E-state index is -0.512. The van der Waals surface area contributed by atoms with Crippen LogP contribution < -0.4 is 10.6 Å². The Balaban J connectivity index is 1.14. The number of piperidine rings is 2. The lowest BCUT2D eigenvalue weighted by atomic mass is 9.64. The summed E-state index contributed by atoms with van der Waals surface area (Å²) >= 11 is 0. The van der Waals surface area contributed by atoms with Crippen LogP contribution in [0.4, 0.5) is 4.39 Å². The van der Waals surface area contributed by atoms with E-state index in [1.165, 1.54) is 12.3 Å². The maximum Gasteiger partial charge on any atom is 0.340 e. The molecule has 4 atom stereocenters. The molecule has 7 nitrogen and oxygen atoms in total. The highest BCUT2D eigenvalue weighted by Gasteiger charge is 2.43. The molecule has 0 radical (unpaired) electrons. The minimum absolute atomic E-state index is 0.0278. The number of fused-ring (bicyclic) bond motifs is 1. The third-order valence-corrected chi connectivity index (χ3v) is 10.3. The highest BCUT2D eigenvalue weighted by molar-refractivity contribution is 5.89. The van der Waals surface area contributed by atoms with Crippen LogP contribution in [0.2, 0.25) is 0 Å². The molecule has 2 aliphatic heterocycles. The van der Waals surface area contributed by atoms with Gasteiger partial charge in [0.25, 0.3) is 0 Å². The van der Waals surface area contributed by atoms with Gasteiger partial charge in [-0.2, -0.15) is 0 Å². The van der Waals surface area contributed by atoms with E-state index in [1.807, 2.05) is 0 Å². The Morgan fingerprint density at radius 2 is 1.28 bits per heavy atom. The molecule has 2 N–H and O–H groups in total. The zero-order chi connectivity index (χ0) is 31.4. The first kappa shape index (κ1) is 32.3. The number of nitrogens with zero attached hydrogens (tertiary/aromatic N) is 1. The molecule has 1 aromatic rings. The van der Waals surface area contributed by atoms with E-state index in [0.29, 0.717) is 30.4 Å². The monoisotopic (exact) mass is 599 g/mol. The average Bonchev–Trinajstić information content (AvgIpc) is 2.84. The van der Waals surface area contributed by atoms with Gasteiger partial charge in [0.1, 0.15) is 18.0 Å². The second kappa shape index (κ2) is 11.7. The third-order valence-electron chi connectivity index (χ3n) is 10.3. The summed E-state index contributed by atoms with van der Waals surface area (Å²) in [7, 11) is 0. The number of rotatable bonds is 5. The Labute approximate surface area is 257 Å². The van der Waals surface area contributed by atoms with Gasteiger partial charge in [-0.1, -0.05) is 0 Å². The van der Waals surface area contributed by atoms with Crippen LogP contribution in [0.25, 0.3) is 0 Å². The van der Waals surface area contributed by atoms with Crippen molar-refractivity contribution in [3.8, 4) is 0 Å². The van der Waals surface area contributed by atoms with Crippen LogP contribution in [0.3, 0.4) is 0 Å². The molecule has 5 rings (SSSR count). The van der Waals surface area contributed by atoms with E-state index in [1.54, 1.807) is 0 Å². The van der Waals surface area contributed by atoms with Gasteiger partial charge in [-0.15, -0.1) is 0 Å². The van der Waals surface area contributed by atoms with Crippen molar-refractivity contribution in [3.05, 3.63) is 29.3 Å². The molecule has 4 aliphatic rings. The Bertz CT molecular complexity index is 1180. The lowest BCUT2D eigenvalue weighted by Crippen LogP contribution is -2.59. The number of aromatic nitrogens is 1. The van der Waals surface area contributed by atoms with E-state index < -0.39 is 11.8 Å². The van der Waals surface area contributed by atoms with Crippen LogP contribution in [0, 0.1) is 23.6 Å². The maximum absolute atomic E-state index is 15.4. The summed E-state index contributed by atoms with van der Waals surface area (Å²) < 4.78 is 27.3. The molecule has 8 heteroatoms. The normalized spacial score (nSPS) is 31.9. The van der Waals surface area contributed by atoms with Crippen molar-refractivity contribution >= 4 is 11.9 Å². The van der Waals surface area contributed by atoms with Crippen molar-refractivity contribution in [1.82, 2.24) is 15.6 Å². The largest absolute Gasteiger partial charge is 0.462 e. The fourth-order valence-corrected chi connectivity index (χ4v) is 9.32. The van der Waals surface area contributed by atoms with Crippen molar-refractivity contribution in [3.63, 3.8) is 0 Å². The van der Waals surface area contributed by atoms with Gasteiger partial charge in [0.15, 0.2) is 0 Å². The fraction of sp³-hybridized carbons (Fsp3) is 0.800. The molecule has 2 saturated carbocycles. The van der Waals surface area contributed by atoms with Gasteiger partial charge in [-0.3, -0.25) is 9.78 Å². The Morgan fingerprint density at radius 3 is 1.84 bits per heavy atom. The first-order valence-electron chi connectivity index (χ1n) is 16.5. The lowest BCUT2D eigenvalue weighted by Gasteiger charge is -2.46. The van der Waals surface area contributed by atoms with E-state index in [4.69, 9.17) is 9.47 Å². The van der Waals surface area contributed by atoms with E-state index in [9.17, 15) is 9.59 Å². The number of nitrogens with one attached hydrogen (secondary N) is 2. The van der Waals surface area contributed by atoms with Crippen molar-refractivity contribution in [2.75, 3.05) is 0 Å². The molecule has 0 bridgehead atoms. The quantitative estimate of drug-likeness (QED) is 0.358. The van der Waals surface area contributed by atoms with Crippen LogP contribution in [0.1, 0.15) is 142 Å². The molecule has 4 unspecified atom stereocenters. The van der Waals surface area contributed by atoms with E-state index in [0.717, 1.165) is 51.4 Å². The third kappa shape index (κ3) is 7.97. The number of hydrogen-bond donors (Lipinski definition) is 2. The SMILES string of the molecule is CC1(C)CC(OC(=O)c2cnc(C3CCC4CC(C(=O)OC5CC(C)(C)NC(C)(C)C5)CCC4C3)c(F)c2)CC(C)(C)N1. The summed E-state index contributed by atoms with van der Waals surface area (Å²) in [6.07, 6.45) is 9.57. The predicted octanol–water partition coefficient (Wildman–Crippen LogP) is 6.84. The summed E-state index contributed by atoms with van der Waals surface area (Å²) in [6, 6.07) is 1.31. The summed E-state index contributed by atoms with van der Waals surface area (Å²) in [4.78, 5) is 30.6. The zero-order valence-corrected chi connectivity index (χ0v) is 27.6. The molecule has 3 heterocycles. The number of pyridine rings is 1. The first-order valence-corrected chi connectivity index (χ1v) is 16.5. The van der Waals surface area contributed by atoms with E-state index >= 15 is 4.39 Å². The van der Waals surface area contributed by atoms with Gasteiger partial charge in [0, 0.05) is 60.0 Å². The molecular weight excluding hydrogens is 545 g/mol. The molecule has 43 heavy (non-hydrogen) atoms. The van der Waals surface area contributed by atoms with Crippen molar-refractivity contribution in [2.24, 2.45) is 17.8 Å². The van der Waals surface area contributed by atoms with Crippen LogP contribution in [0.5, 0.6) is 0 Å². The highest BCUT2D eigenvalue weighted by atomic mass is 19.1. The maximum atomic E-state index is 15.4. The molecule has 2 saturated heterocycles. The molecule has 4 fully saturated rings. The van der Waals surface area contributed by atoms with Gasteiger partial charge in [0.05, 0.1) is 17.2 Å². The average molecular weight is 600 g/mol. The first-order chi connectivity index (χ1) is 19.9. The standard InChI is InChI=1S/C35H54FN3O4/c1-32(2)16-26(17-33(3,4)38-32)42-30(40)24-12-10-21-13-23(11-9-22(21)14-24)29-28(36)15-25(20-37-29)31(41)43-27-18-34(5,6)39-35(7,8)19-27/h15,20-24,26-27,38-39H,9-14,16-19H2,1-8H3. The fourth-order valence-electron chi connectivity index (χ4n) is 9.32. The summed E-state index contributed by atoms with van der Waals surface area (Å²) in [5.41, 5.74) is 0.193. The van der Waals surface area contributed by atoms with Gasteiger partial charge in [-0.05, 0) is 112 Å². The molecule has 240 valence electrons. The molecule has 1 aromatic heterocycles. The van der Waals surface area contributed by atoms with Gasteiger partial charge in [0.2, 0.25) is 0 Å². The number of esters is 2. The smallest absolute Gasteiger partial charge is 0.340 e. The van der Waals surface area contributed by atoms with Gasteiger partial charge < -0.3 is 20.1 Å². The van der Waals surface area contributed by atoms with Crippen LogP contribution >= 0.6 is 0 Å². The molecule has 0 aromatic carbocycles. The predicted molar refractivity (Wildman–Crippen MR) is 165 cm³/mol. The van der Waals surface area contributed by atoms with E-state index in [-0.39, 0.29) is 57.7 Å². The second-order valence-corrected chi connectivity index (χ2v) is 16.8. The van der Waals surface area contributed by atoms with Crippen molar-refractivity contribution < 1.29 is 23.5 Å². The molecular formula is C35H54FN3O4. The summed E-state index contributed by atoms with van der Waals surface area (Å²) in [5, 5.41) is 7.24. The summed E-state index contributed by atoms with van der Waals surface area (Å²) in [5.74, 6) is -0.0757. The Morgan fingerprint density at radius 1 is 0.767 bits per heavy atom. The number of carbonyl (C=O) groups is 2.